The molecule has 13 heavy (non-hydrogen) atoms. The van der Waals surface area contributed by atoms with Crippen LogP contribution in [-0.4, -0.2) is 10.2 Å². The number of nitrogens with zero attached hydrogens (tertiary/aromatic N) is 2. The maximum atomic E-state index is 5.96. The van der Waals surface area contributed by atoms with Crippen LogP contribution in [0.5, 0.6) is 0 Å². The molecule has 0 aliphatic rings. The zero-order valence-corrected chi connectivity index (χ0v) is 7.84. The number of rotatable bonds is 0. The fraction of sp³-hybridized carbons (Fsp3) is 0.111. The van der Waals surface area contributed by atoms with Crippen LogP contribution in [0.3, 0.4) is 0 Å². The number of aryl methyl sites for hydroxylation is 1. The van der Waals surface area contributed by atoms with Crippen molar-refractivity contribution in [2.75, 3.05) is 5.73 Å². The Hall–Kier alpha value is -1.35. The summed E-state index contributed by atoms with van der Waals surface area (Å²) in [6, 6.07) is 1.74. The first-order valence-corrected chi connectivity index (χ1v) is 4.23. The van der Waals surface area contributed by atoms with E-state index in [2.05, 4.69) is 10.2 Å². The molecular formula is C9H8ClN3. The maximum Gasteiger partial charge on any atom is 0.0595 e. The van der Waals surface area contributed by atoms with Gasteiger partial charge in [0.1, 0.15) is 0 Å². The number of anilines is 1. The lowest BCUT2D eigenvalue weighted by Gasteiger charge is -2.05. The largest absolute Gasteiger partial charge is 0.398 e. The van der Waals surface area contributed by atoms with E-state index >= 15 is 0 Å². The van der Waals surface area contributed by atoms with Crippen molar-refractivity contribution in [3.05, 3.63) is 29.0 Å². The smallest absolute Gasteiger partial charge is 0.0595 e. The Balaban J connectivity index is 2.97. The van der Waals surface area contributed by atoms with Gasteiger partial charge in [0.2, 0.25) is 0 Å². The van der Waals surface area contributed by atoms with Crippen molar-refractivity contribution in [3.63, 3.8) is 0 Å². The summed E-state index contributed by atoms with van der Waals surface area (Å²) in [5.41, 5.74) is 7.40. The fourth-order valence-corrected chi connectivity index (χ4v) is 1.52. The lowest BCUT2D eigenvalue weighted by atomic mass is 10.1. The summed E-state index contributed by atoms with van der Waals surface area (Å²) in [5.74, 6) is 0. The zero-order valence-electron chi connectivity index (χ0n) is 7.08. The minimum Gasteiger partial charge on any atom is -0.398 e. The molecule has 1 aromatic heterocycles. The fourth-order valence-electron chi connectivity index (χ4n) is 1.30. The van der Waals surface area contributed by atoms with Crippen molar-refractivity contribution in [2.45, 2.75) is 6.92 Å². The van der Waals surface area contributed by atoms with Crippen LogP contribution in [0.4, 0.5) is 5.69 Å². The van der Waals surface area contributed by atoms with Gasteiger partial charge in [-0.05, 0) is 18.6 Å². The highest BCUT2D eigenvalue weighted by molar-refractivity contribution is 6.32. The molecule has 0 aliphatic carbocycles. The van der Waals surface area contributed by atoms with E-state index in [1.165, 1.54) is 0 Å². The first kappa shape index (κ1) is 8.26. The van der Waals surface area contributed by atoms with Crippen molar-refractivity contribution in [3.8, 4) is 0 Å². The maximum absolute atomic E-state index is 5.96. The molecule has 3 nitrogen and oxygen atoms in total. The van der Waals surface area contributed by atoms with E-state index in [1.807, 2.05) is 6.92 Å². The molecule has 0 fully saturated rings. The number of hydrogen-bond donors (Lipinski definition) is 1. The molecule has 2 N–H and O–H groups in total. The minimum atomic E-state index is 0.639. The number of benzene rings is 1. The summed E-state index contributed by atoms with van der Waals surface area (Å²) in [7, 11) is 0. The molecule has 0 amide bonds. The van der Waals surface area contributed by atoms with Crippen LogP contribution in [0, 0.1) is 6.92 Å². The molecule has 4 heteroatoms. The van der Waals surface area contributed by atoms with E-state index in [0.29, 0.717) is 10.7 Å². The average molecular weight is 194 g/mol. The number of aromatic nitrogens is 2. The predicted octanol–water partition coefficient (Wildman–Crippen LogP) is 2.17. The highest BCUT2D eigenvalue weighted by atomic mass is 35.5. The van der Waals surface area contributed by atoms with Gasteiger partial charge in [0.15, 0.2) is 0 Å². The van der Waals surface area contributed by atoms with Crippen LogP contribution >= 0.6 is 11.6 Å². The van der Waals surface area contributed by atoms with Crippen LogP contribution < -0.4 is 5.73 Å². The van der Waals surface area contributed by atoms with Crippen LogP contribution in [-0.2, 0) is 0 Å². The second kappa shape index (κ2) is 2.85. The third-order valence-corrected chi connectivity index (χ3v) is 2.48. The summed E-state index contributed by atoms with van der Waals surface area (Å²) >= 11 is 5.96. The summed E-state index contributed by atoms with van der Waals surface area (Å²) in [4.78, 5) is 0. The van der Waals surface area contributed by atoms with Gasteiger partial charge in [-0.25, -0.2) is 0 Å². The molecule has 0 atom stereocenters. The molecule has 0 aliphatic heterocycles. The minimum absolute atomic E-state index is 0.639. The second-order valence-corrected chi connectivity index (χ2v) is 3.30. The van der Waals surface area contributed by atoms with Crippen molar-refractivity contribution in [2.24, 2.45) is 0 Å². The molecule has 0 saturated heterocycles. The first-order valence-electron chi connectivity index (χ1n) is 3.85. The molecule has 0 unspecified atom stereocenters. The average Bonchev–Trinajstić information content (AvgIpc) is 2.15. The Labute approximate surface area is 80.5 Å². The molecule has 0 spiro atoms. The van der Waals surface area contributed by atoms with Gasteiger partial charge in [0.25, 0.3) is 0 Å². The normalized spacial score (nSPS) is 10.6. The molecular weight excluding hydrogens is 186 g/mol. The zero-order chi connectivity index (χ0) is 9.42. The Morgan fingerprint density at radius 1 is 1.23 bits per heavy atom. The van der Waals surface area contributed by atoms with Crippen molar-refractivity contribution >= 4 is 28.1 Å². The van der Waals surface area contributed by atoms with Crippen LogP contribution in [0.2, 0.25) is 5.02 Å². The number of halogens is 1. The van der Waals surface area contributed by atoms with Crippen LogP contribution in [0.25, 0.3) is 10.8 Å². The second-order valence-electron chi connectivity index (χ2n) is 2.89. The Morgan fingerprint density at radius 3 is 2.54 bits per heavy atom. The predicted molar refractivity (Wildman–Crippen MR) is 53.7 cm³/mol. The summed E-state index contributed by atoms with van der Waals surface area (Å²) < 4.78 is 0. The lowest BCUT2D eigenvalue weighted by molar-refractivity contribution is 1.05. The third-order valence-electron chi connectivity index (χ3n) is 2.09. The molecule has 0 radical (unpaired) electrons. The summed E-state index contributed by atoms with van der Waals surface area (Å²) in [6.45, 7) is 1.94. The number of fused-ring (bicyclic) bond motifs is 1. The van der Waals surface area contributed by atoms with Gasteiger partial charge in [-0.15, -0.1) is 0 Å². The molecule has 0 bridgehead atoms. The van der Waals surface area contributed by atoms with E-state index in [9.17, 15) is 0 Å². The topological polar surface area (TPSA) is 51.8 Å². The quantitative estimate of drug-likeness (QED) is 0.653. The van der Waals surface area contributed by atoms with Gasteiger partial charge in [0.05, 0.1) is 12.4 Å². The summed E-state index contributed by atoms with van der Waals surface area (Å²) in [6.07, 6.45) is 3.32. The van der Waals surface area contributed by atoms with Gasteiger partial charge in [-0.3, -0.25) is 0 Å². The molecule has 1 aromatic carbocycles. The number of nitrogens with two attached hydrogens (primary N) is 1. The Kier molecular flexibility index (Phi) is 1.81. The molecule has 2 aromatic rings. The molecule has 0 saturated carbocycles. The molecule has 2 rings (SSSR count). The monoisotopic (exact) mass is 193 g/mol. The SMILES string of the molecule is Cc1c(Cl)cc(N)c2cnncc12. The molecule has 1 heterocycles. The van der Waals surface area contributed by atoms with Gasteiger partial charge < -0.3 is 5.73 Å². The van der Waals surface area contributed by atoms with Crippen molar-refractivity contribution in [1.82, 2.24) is 10.2 Å². The Bertz CT molecular complexity index is 468. The number of nitrogen functional groups attached to an aromatic ring is 1. The van der Waals surface area contributed by atoms with Gasteiger partial charge in [0, 0.05) is 21.5 Å². The number of hydrogen-bond acceptors (Lipinski definition) is 3. The van der Waals surface area contributed by atoms with Crippen LogP contribution in [0.15, 0.2) is 18.5 Å². The lowest BCUT2D eigenvalue weighted by Crippen LogP contribution is -1.92. The van der Waals surface area contributed by atoms with E-state index in [1.54, 1.807) is 18.5 Å². The highest BCUT2D eigenvalue weighted by Gasteiger charge is 2.05. The first-order chi connectivity index (χ1) is 6.20. The van der Waals surface area contributed by atoms with Gasteiger partial charge >= 0.3 is 0 Å². The van der Waals surface area contributed by atoms with Crippen molar-refractivity contribution in [1.29, 1.82) is 0 Å². The van der Waals surface area contributed by atoms with Crippen LogP contribution in [0.1, 0.15) is 5.56 Å². The van der Waals surface area contributed by atoms with Gasteiger partial charge in [-0.1, -0.05) is 11.6 Å². The van der Waals surface area contributed by atoms with Gasteiger partial charge in [-0.2, -0.15) is 10.2 Å². The van der Waals surface area contributed by atoms with E-state index in [-0.39, 0.29) is 0 Å². The Morgan fingerprint density at radius 2 is 1.85 bits per heavy atom. The third kappa shape index (κ3) is 1.21. The standard InChI is InChI=1S/C9H8ClN3/c1-5-6-3-12-13-4-7(6)9(11)2-8(5)10/h2-4H,11H2,1H3. The van der Waals surface area contributed by atoms with E-state index in [4.69, 9.17) is 17.3 Å². The van der Waals surface area contributed by atoms with Crippen molar-refractivity contribution < 1.29 is 0 Å². The van der Waals surface area contributed by atoms with E-state index in [0.717, 1.165) is 16.3 Å². The summed E-state index contributed by atoms with van der Waals surface area (Å²) in [5, 5.41) is 10.1. The van der Waals surface area contributed by atoms with E-state index < -0.39 is 0 Å². The molecule has 66 valence electrons. The highest BCUT2D eigenvalue weighted by Crippen LogP contribution is 2.28.